The number of hydrogen-bond acceptors (Lipinski definition) is 6. The first-order valence-corrected chi connectivity index (χ1v) is 9.67. The van der Waals surface area contributed by atoms with Gasteiger partial charge in [-0.15, -0.1) is 10.2 Å². The second-order valence-electron chi connectivity index (χ2n) is 7.26. The number of hydrogen-bond donors (Lipinski definition) is 1. The summed E-state index contributed by atoms with van der Waals surface area (Å²) < 4.78 is 8.92. The van der Waals surface area contributed by atoms with Crippen molar-refractivity contribution in [1.82, 2.24) is 29.4 Å². The van der Waals surface area contributed by atoms with Crippen molar-refractivity contribution >= 4 is 17.4 Å². The van der Waals surface area contributed by atoms with Gasteiger partial charge in [0.15, 0.2) is 17.8 Å². The lowest BCUT2D eigenvalue weighted by Crippen LogP contribution is -2.14. The number of carbonyl (C=O) groups excluding carboxylic acids is 1. The fraction of sp³-hybridized carbons (Fsp3) is 0.136. The molecule has 0 fully saturated rings. The van der Waals surface area contributed by atoms with Gasteiger partial charge in [0.25, 0.3) is 5.91 Å². The summed E-state index contributed by atoms with van der Waals surface area (Å²) in [6, 6.07) is 11.3. The van der Waals surface area contributed by atoms with E-state index in [0.29, 0.717) is 28.6 Å². The maximum absolute atomic E-state index is 12.7. The number of benzene rings is 1. The Kier molecular flexibility index (Phi) is 4.36. The first kappa shape index (κ1) is 18.7. The molecule has 0 saturated heterocycles. The van der Waals surface area contributed by atoms with Crippen molar-refractivity contribution in [3.63, 3.8) is 0 Å². The molecule has 0 saturated carbocycles. The van der Waals surface area contributed by atoms with Gasteiger partial charge >= 0.3 is 0 Å². The number of nitrogens with one attached hydrogen (secondary N) is 1. The van der Waals surface area contributed by atoms with Gasteiger partial charge in [0.1, 0.15) is 5.82 Å². The zero-order chi connectivity index (χ0) is 21.5. The number of nitrogens with zero attached hydrogens (tertiary/aromatic N) is 6. The van der Waals surface area contributed by atoms with E-state index in [1.165, 1.54) is 6.39 Å². The predicted molar refractivity (Wildman–Crippen MR) is 115 cm³/mol. The molecule has 0 unspecified atom stereocenters. The zero-order valence-electron chi connectivity index (χ0n) is 17.2. The summed E-state index contributed by atoms with van der Waals surface area (Å²) in [6.45, 7) is 3.87. The smallest absolute Gasteiger partial charge is 0.256 e. The summed E-state index contributed by atoms with van der Waals surface area (Å²) in [6.07, 6.45) is 4.92. The van der Waals surface area contributed by atoms with E-state index >= 15 is 0 Å². The SMILES string of the molecule is Cc1ccc(C(=O)Nc2ccnn2C)cc1-c1ccn2c(-c3ocnc3C)nnc2c1. The third-order valence-corrected chi connectivity index (χ3v) is 5.23. The van der Waals surface area contributed by atoms with Crippen molar-refractivity contribution in [2.45, 2.75) is 13.8 Å². The van der Waals surface area contributed by atoms with Crippen LogP contribution < -0.4 is 5.32 Å². The van der Waals surface area contributed by atoms with Crippen LogP contribution in [0.3, 0.4) is 0 Å². The van der Waals surface area contributed by atoms with E-state index in [1.807, 2.05) is 54.8 Å². The molecular weight excluding hydrogens is 394 g/mol. The molecule has 154 valence electrons. The monoisotopic (exact) mass is 413 g/mol. The number of pyridine rings is 1. The van der Waals surface area contributed by atoms with Gasteiger partial charge in [-0.1, -0.05) is 6.07 Å². The standard InChI is InChI=1S/C22H19N7O2/c1-13-4-5-16(22(30)25-18-6-8-24-28(18)3)10-17(13)15-7-9-29-19(11-15)26-27-21(29)20-14(2)23-12-31-20/h4-12H,1-3H3,(H,25,30). The van der Waals surface area contributed by atoms with E-state index in [2.05, 4.69) is 25.6 Å². The lowest BCUT2D eigenvalue weighted by atomic mass is 9.98. The number of carbonyl (C=O) groups is 1. The van der Waals surface area contributed by atoms with Crippen LogP contribution in [0.2, 0.25) is 0 Å². The molecule has 0 aliphatic carbocycles. The Morgan fingerprint density at radius 3 is 2.71 bits per heavy atom. The number of oxazole rings is 1. The maximum atomic E-state index is 12.7. The summed E-state index contributed by atoms with van der Waals surface area (Å²) in [5, 5.41) is 15.5. The van der Waals surface area contributed by atoms with Crippen molar-refractivity contribution < 1.29 is 9.21 Å². The molecule has 0 bridgehead atoms. The van der Waals surface area contributed by atoms with Gasteiger partial charge in [-0.25, -0.2) is 4.98 Å². The fourth-order valence-electron chi connectivity index (χ4n) is 3.49. The van der Waals surface area contributed by atoms with E-state index in [-0.39, 0.29) is 5.91 Å². The van der Waals surface area contributed by atoms with Crippen LogP contribution in [0.4, 0.5) is 5.82 Å². The highest BCUT2D eigenvalue weighted by molar-refractivity contribution is 6.04. The van der Waals surface area contributed by atoms with Crippen LogP contribution in [-0.4, -0.2) is 35.3 Å². The molecule has 31 heavy (non-hydrogen) atoms. The molecule has 0 aliphatic rings. The van der Waals surface area contributed by atoms with E-state index in [1.54, 1.807) is 24.0 Å². The number of fused-ring (bicyclic) bond motifs is 1. The first-order valence-electron chi connectivity index (χ1n) is 9.67. The number of aromatic nitrogens is 6. The van der Waals surface area contributed by atoms with Crippen molar-refractivity contribution in [2.75, 3.05) is 5.32 Å². The Balaban J connectivity index is 1.51. The Labute approximate surface area is 177 Å². The highest BCUT2D eigenvalue weighted by atomic mass is 16.3. The van der Waals surface area contributed by atoms with Crippen LogP contribution in [0.5, 0.6) is 0 Å². The average molecular weight is 413 g/mol. The first-order chi connectivity index (χ1) is 15.0. The van der Waals surface area contributed by atoms with Gasteiger partial charge in [0.2, 0.25) is 5.82 Å². The van der Waals surface area contributed by atoms with E-state index in [0.717, 1.165) is 22.4 Å². The van der Waals surface area contributed by atoms with Crippen LogP contribution in [0.1, 0.15) is 21.6 Å². The summed E-state index contributed by atoms with van der Waals surface area (Å²) in [7, 11) is 1.78. The predicted octanol–water partition coefficient (Wildman–Crippen LogP) is 3.65. The van der Waals surface area contributed by atoms with Gasteiger partial charge in [-0.05, 0) is 54.8 Å². The molecule has 5 rings (SSSR count). The van der Waals surface area contributed by atoms with Gasteiger partial charge in [-0.3, -0.25) is 13.9 Å². The molecule has 0 spiro atoms. The average Bonchev–Trinajstić information content (AvgIpc) is 3.48. The molecule has 1 N–H and O–H groups in total. The number of aryl methyl sites for hydroxylation is 3. The number of amides is 1. The Hall–Kier alpha value is -4.27. The Morgan fingerprint density at radius 2 is 1.97 bits per heavy atom. The minimum Gasteiger partial charge on any atom is -0.440 e. The number of anilines is 1. The van der Waals surface area contributed by atoms with Crippen molar-refractivity contribution in [3.8, 4) is 22.7 Å². The normalized spacial score (nSPS) is 11.2. The second-order valence-corrected chi connectivity index (χ2v) is 7.26. The van der Waals surface area contributed by atoms with Gasteiger partial charge in [0, 0.05) is 24.9 Å². The molecule has 9 heteroatoms. The van der Waals surface area contributed by atoms with E-state index < -0.39 is 0 Å². The molecule has 1 amide bonds. The third kappa shape index (κ3) is 3.25. The minimum atomic E-state index is -0.198. The molecule has 4 aromatic heterocycles. The van der Waals surface area contributed by atoms with Crippen LogP contribution in [0.25, 0.3) is 28.4 Å². The van der Waals surface area contributed by atoms with Gasteiger partial charge in [0.05, 0.1) is 11.9 Å². The quantitative estimate of drug-likeness (QED) is 0.482. The minimum absolute atomic E-state index is 0.198. The highest BCUT2D eigenvalue weighted by Gasteiger charge is 2.16. The third-order valence-electron chi connectivity index (χ3n) is 5.23. The molecule has 1 aromatic carbocycles. The largest absolute Gasteiger partial charge is 0.440 e. The summed E-state index contributed by atoms with van der Waals surface area (Å²) in [4.78, 5) is 16.9. The lowest BCUT2D eigenvalue weighted by molar-refractivity contribution is 0.102. The highest BCUT2D eigenvalue weighted by Crippen LogP contribution is 2.28. The fourth-order valence-corrected chi connectivity index (χ4v) is 3.49. The molecule has 0 atom stereocenters. The summed E-state index contributed by atoms with van der Waals surface area (Å²) in [5.74, 6) is 1.62. The number of rotatable bonds is 4. The summed E-state index contributed by atoms with van der Waals surface area (Å²) >= 11 is 0. The topological polar surface area (TPSA) is 103 Å². The van der Waals surface area contributed by atoms with Crippen LogP contribution >= 0.6 is 0 Å². The molecule has 0 aliphatic heterocycles. The molecule has 5 aromatic rings. The molecular formula is C22H19N7O2. The molecule has 9 nitrogen and oxygen atoms in total. The van der Waals surface area contributed by atoms with E-state index in [4.69, 9.17) is 4.42 Å². The van der Waals surface area contributed by atoms with Crippen LogP contribution in [0.15, 0.2) is 59.6 Å². The van der Waals surface area contributed by atoms with E-state index in [9.17, 15) is 4.79 Å². The second kappa shape index (κ2) is 7.21. The Bertz CT molecular complexity index is 1430. The molecule has 0 radical (unpaired) electrons. The maximum Gasteiger partial charge on any atom is 0.256 e. The van der Waals surface area contributed by atoms with Gasteiger partial charge in [-0.2, -0.15) is 5.10 Å². The van der Waals surface area contributed by atoms with Crippen LogP contribution in [-0.2, 0) is 7.05 Å². The van der Waals surface area contributed by atoms with Crippen LogP contribution in [0, 0.1) is 13.8 Å². The lowest BCUT2D eigenvalue weighted by Gasteiger charge is -2.10. The van der Waals surface area contributed by atoms with Crippen molar-refractivity contribution in [2.24, 2.45) is 7.05 Å². The Morgan fingerprint density at radius 1 is 1.10 bits per heavy atom. The molecule has 4 heterocycles. The summed E-state index contributed by atoms with van der Waals surface area (Å²) in [5.41, 5.74) is 4.91. The van der Waals surface area contributed by atoms with Crippen molar-refractivity contribution in [1.29, 1.82) is 0 Å². The zero-order valence-corrected chi connectivity index (χ0v) is 17.2. The van der Waals surface area contributed by atoms with Gasteiger partial charge < -0.3 is 9.73 Å². The van der Waals surface area contributed by atoms with Crippen molar-refractivity contribution in [3.05, 3.63) is 72.0 Å².